The van der Waals surface area contributed by atoms with Crippen LogP contribution in [0.3, 0.4) is 0 Å². The number of methoxy groups -OCH3 is 2. The van der Waals surface area contributed by atoms with Crippen molar-refractivity contribution < 1.29 is 28.9 Å². The molecule has 1 rings (SSSR count). The fourth-order valence-electron chi connectivity index (χ4n) is 2.05. The van der Waals surface area contributed by atoms with E-state index in [-0.39, 0.29) is 6.42 Å². The Hall–Kier alpha value is -2.44. The second-order valence-corrected chi connectivity index (χ2v) is 6.27. The molecule has 0 aliphatic carbocycles. The first kappa shape index (κ1) is 19.6. The molecule has 0 aliphatic rings. The van der Waals surface area contributed by atoms with Crippen molar-refractivity contribution in [2.75, 3.05) is 14.2 Å². The average molecular weight is 339 g/mol. The van der Waals surface area contributed by atoms with Gasteiger partial charge in [0.15, 0.2) is 11.5 Å². The van der Waals surface area contributed by atoms with Crippen LogP contribution in [-0.4, -0.2) is 43.0 Å². The maximum Gasteiger partial charge on any atom is 0.408 e. The third-order valence-corrected chi connectivity index (χ3v) is 3.16. The van der Waals surface area contributed by atoms with Gasteiger partial charge >= 0.3 is 12.1 Å². The molecule has 0 aliphatic heterocycles. The van der Waals surface area contributed by atoms with Gasteiger partial charge in [0, 0.05) is 0 Å². The largest absolute Gasteiger partial charge is 0.493 e. The summed E-state index contributed by atoms with van der Waals surface area (Å²) in [7, 11) is 3.08. The Morgan fingerprint density at radius 3 is 2.29 bits per heavy atom. The Bertz CT molecular complexity index is 579. The summed E-state index contributed by atoms with van der Waals surface area (Å²) in [6.07, 6.45) is -0.0702. The molecule has 0 radical (unpaired) electrons. The lowest BCUT2D eigenvalue weighted by molar-refractivity contribution is -0.139. The van der Waals surface area contributed by atoms with Crippen LogP contribution in [0.15, 0.2) is 18.2 Å². The molecule has 1 aromatic rings. The molecule has 0 spiro atoms. The van der Waals surface area contributed by atoms with Gasteiger partial charge in [-0.25, -0.2) is 9.59 Å². The minimum absolute atomic E-state index is 0.226. The fourth-order valence-corrected chi connectivity index (χ4v) is 2.05. The molecule has 0 bridgehead atoms. The summed E-state index contributed by atoms with van der Waals surface area (Å²) < 4.78 is 15.5. The maximum atomic E-state index is 11.7. The van der Waals surface area contributed by atoms with Crippen LogP contribution in [0.5, 0.6) is 11.5 Å². The zero-order valence-electron chi connectivity index (χ0n) is 14.7. The van der Waals surface area contributed by atoms with E-state index in [9.17, 15) is 14.7 Å². The number of hydrogen-bond acceptors (Lipinski definition) is 5. The number of amides is 1. The van der Waals surface area contributed by atoms with Crippen molar-refractivity contribution in [2.24, 2.45) is 0 Å². The lowest BCUT2D eigenvalue weighted by atomic mass is 10.0. The van der Waals surface area contributed by atoms with Crippen molar-refractivity contribution in [3.63, 3.8) is 0 Å². The van der Waals surface area contributed by atoms with E-state index in [4.69, 9.17) is 14.2 Å². The second kappa shape index (κ2) is 8.42. The van der Waals surface area contributed by atoms with E-state index in [1.165, 1.54) is 7.11 Å². The molecule has 1 aromatic carbocycles. The first-order chi connectivity index (χ1) is 11.2. The van der Waals surface area contributed by atoms with Crippen LogP contribution >= 0.6 is 0 Å². The van der Waals surface area contributed by atoms with Crippen molar-refractivity contribution in [3.8, 4) is 11.5 Å². The van der Waals surface area contributed by atoms with Gasteiger partial charge in [-0.3, -0.25) is 0 Å². The molecule has 1 amide bonds. The molecule has 7 heteroatoms. The van der Waals surface area contributed by atoms with E-state index in [0.717, 1.165) is 5.56 Å². The Labute approximate surface area is 141 Å². The molecule has 0 saturated carbocycles. The third-order valence-electron chi connectivity index (χ3n) is 3.16. The van der Waals surface area contributed by atoms with Gasteiger partial charge in [-0.1, -0.05) is 6.07 Å². The standard InChI is InChI=1S/C17H25NO6/c1-17(2,3)24-16(21)18-12(15(19)20)8-6-11-7-9-13(22-4)14(10-11)23-5/h7,9-10,12H,6,8H2,1-5H3,(H,18,21)(H,19,20)/t12-/m0/s1. The number of carboxylic acids is 1. The van der Waals surface area contributed by atoms with Gasteiger partial charge in [0.2, 0.25) is 0 Å². The highest BCUT2D eigenvalue weighted by atomic mass is 16.6. The Kier molecular flexibility index (Phi) is 6.88. The monoisotopic (exact) mass is 339 g/mol. The smallest absolute Gasteiger partial charge is 0.408 e. The van der Waals surface area contributed by atoms with Gasteiger partial charge in [-0.05, 0) is 51.3 Å². The summed E-state index contributed by atoms with van der Waals surface area (Å²) in [5.74, 6) is 0.0613. The van der Waals surface area contributed by atoms with Gasteiger partial charge in [-0.15, -0.1) is 0 Å². The lowest BCUT2D eigenvalue weighted by Gasteiger charge is -2.22. The highest BCUT2D eigenvalue weighted by molar-refractivity contribution is 5.80. The number of rotatable bonds is 7. The molecule has 0 saturated heterocycles. The number of carboxylic acid groups (broad SMARTS) is 1. The quantitative estimate of drug-likeness (QED) is 0.793. The normalized spacial score (nSPS) is 12.2. The Balaban J connectivity index is 2.70. The molecule has 134 valence electrons. The molecular weight excluding hydrogens is 314 g/mol. The molecule has 0 aromatic heterocycles. The minimum Gasteiger partial charge on any atom is -0.493 e. The Morgan fingerprint density at radius 1 is 1.17 bits per heavy atom. The molecule has 0 unspecified atom stereocenters. The zero-order chi connectivity index (χ0) is 18.3. The summed E-state index contributed by atoms with van der Waals surface area (Å²) in [4.78, 5) is 23.1. The van der Waals surface area contributed by atoms with Crippen molar-refractivity contribution in [1.82, 2.24) is 5.32 Å². The molecule has 24 heavy (non-hydrogen) atoms. The van der Waals surface area contributed by atoms with E-state index in [0.29, 0.717) is 17.9 Å². The van der Waals surface area contributed by atoms with E-state index in [1.54, 1.807) is 40.0 Å². The van der Waals surface area contributed by atoms with Gasteiger partial charge < -0.3 is 24.6 Å². The van der Waals surface area contributed by atoms with Gasteiger partial charge in [0.1, 0.15) is 11.6 Å². The lowest BCUT2D eigenvalue weighted by Crippen LogP contribution is -2.43. The van der Waals surface area contributed by atoms with Gasteiger partial charge in [-0.2, -0.15) is 0 Å². The van der Waals surface area contributed by atoms with E-state index >= 15 is 0 Å². The van der Waals surface area contributed by atoms with Crippen LogP contribution in [0.1, 0.15) is 32.8 Å². The highest BCUT2D eigenvalue weighted by Crippen LogP contribution is 2.28. The van der Waals surface area contributed by atoms with Crippen LogP contribution in [0.25, 0.3) is 0 Å². The molecule has 7 nitrogen and oxygen atoms in total. The van der Waals surface area contributed by atoms with Crippen LogP contribution in [-0.2, 0) is 16.0 Å². The predicted molar refractivity (Wildman–Crippen MR) is 88.7 cm³/mol. The molecule has 1 atom stereocenters. The summed E-state index contributed by atoms with van der Waals surface area (Å²) in [5.41, 5.74) is 0.195. The third kappa shape index (κ3) is 6.36. The van der Waals surface area contributed by atoms with E-state index in [2.05, 4.69) is 5.32 Å². The number of nitrogens with one attached hydrogen (secondary N) is 1. The summed E-state index contributed by atoms with van der Waals surface area (Å²) in [5, 5.41) is 11.6. The first-order valence-corrected chi connectivity index (χ1v) is 7.59. The topological polar surface area (TPSA) is 94.1 Å². The van der Waals surface area contributed by atoms with Crippen LogP contribution < -0.4 is 14.8 Å². The fraction of sp³-hybridized carbons (Fsp3) is 0.529. The van der Waals surface area contributed by atoms with Crippen molar-refractivity contribution in [2.45, 2.75) is 45.3 Å². The second-order valence-electron chi connectivity index (χ2n) is 6.27. The van der Waals surface area contributed by atoms with E-state index < -0.39 is 23.7 Å². The molecular formula is C17H25NO6. The maximum absolute atomic E-state index is 11.7. The first-order valence-electron chi connectivity index (χ1n) is 7.59. The van der Waals surface area contributed by atoms with Crippen molar-refractivity contribution in [3.05, 3.63) is 23.8 Å². The van der Waals surface area contributed by atoms with Crippen LogP contribution in [0.4, 0.5) is 4.79 Å². The van der Waals surface area contributed by atoms with Gasteiger partial charge in [0.05, 0.1) is 14.2 Å². The highest BCUT2D eigenvalue weighted by Gasteiger charge is 2.23. The number of benzene rings is 1. The van der Waals surface area contributed by atoms with Gasteiger partial charge in [0.25, 0.3) is 0 Å². The predicted octanol–water partition coefficient (Wildman–Crippen LogP) is 2.61. The number of carbonyl (C=O) groups is 2. The number of carbonyl (C=O) groups excluding carboxylic acids is 1. The zero-order valence-corrected chi connectivity index (χ0v) is 14.7. The van der Waals surface area contributed by atoms with Crippen molar-refractivity contribution in [1.29, 1.82) is 0 Å². The number of aliphatic carboxylic acids is 1. The molecule has 0 fully saturated rings. The number of alkyl carbamates (subject to hydrolysis) is 1. The average Bonchev–Trinajstić information content (AvgIpc) is 2.48. The number of aryl methyl sites for hydroxylation is 1. The summed E-state index contributed by atoms with van der Waals surface area (Å²) in [6, 6.07) is 4.33. The SMILES string of the molecule is COc1ccc(CC[C@H](NC(=O)OC(C)(C)C)C(=O)O)cc1OC. The molecule has 0 heterocycles. The number of hydrogen-bond donors (Lipinski definition) is 2. The minimum atomic E-state index is -1.11. The summed E-state index contributed by atoms with van der Waals surface area (Å²) >= 11 is 0. The van der Waals surface area contributed by atoms with Crippen LogP contribution in [0, 0.1) is 0 Å². The molecule has 2 N–H and O–H groups in total. The van der Waals surface area contributed by atoms with Crippen molar-refractivity contribution >= 4 is 12.1 Å². The van der Waals surface area contributed by atoms with Crippen LogP contribution in [0.2, 0.25) is 0 Å². The number of ether oxygens (including phenoxy) is 3. The summed E-state index contributed by atoms with van der Waals surface area (Å²) in [6.45, 7) is 5.14. The Morgan fingerprint density at radius 2 is 1.79 bits per heavy atom. The van der Waals surface area contributed by atoms with E-state index in [1.807, 2.05) is 6.07 Å².